The summed E-state index contributed by atoms with van der Waals surface area (Å²) in [6, 6.07) is 12.9. The molecule has 0 spiro atoms. The first kappa shape index (κ1) is 18.4. The monoisotopic (exact) mass is 376 g/mol. The average Bonchev–Trinajstić information content (AvgIpc) is 2.60. The predicted octanol–water partition coefficient (Wildman–Crippen LogP) is 2.79. The van der Waals surface area contributed by atoms with Crippen LogP contribution in [0.2, 0.25) is 0 Å². The lowest BCUT2D eigenvalue weighted by atomic mass is 9.88. The third-order valence-electron chi connectivity index (χ3n) is 4.51. The molecule has 2 aromatic carbocycles. The quantitative estimate of drug-likeness (QED) is 0.873. The molecule has 26 heavy (non-hydrogen) atoms. The summed E-state index contributed by atoms with van der Waals surface area (Å²) < 4.78 is 38.3. The Kier molecular flexibility index (Phi) is 5.27. The fraction of sp³-hybridized carbons (Fsp3) is 0.316. The number of carbonyl (C=O) groups excluding carboxylic acids is 1. The molecule has 7 heteroatoms. The van der Waals surface area contributed by atoms with Gasteiger partial charge in [-0.15, -0.1) is 0 Å². The molecule has 1 aliphatic rings. The van der Waals surface area contributed by atoms with E-state index in [1.54, 1.807) is 0 Å². The Labute approximate surface area is 152 Å². The molecule has 3 rings (SSSR count). The zero-order valence-electron chi connectivity index (χ0n) is 14.5. The van der Waals surface area contributed by atoms with Crippen LogP contribution >= 0.6 is 0 Å². The lowest BCUT2D eigenvalue weighted by molar-refractivity contribution is -0.120. The Balaban J connectivity index is 1.76. The summed E-state index contributed by atoms with van der Waals surface area (Å²) >= 11 is 0. The maximum Gasteiger partial charge on any atom is 0.241 e. The van der Waals surface area contributed by atoms with Crippen molar-refractivity contribution in [2.24, 2.45) is 0 Å². The second-order valence-electron chi connectivity index (χ2n) is 6.46. The Morgan fingerprint density at radius 1 is 1.19 bits per heavy atom. The lowest BCUT2D eigenvalue weighted by Crippen LogP contribution is -2.42. The molecule has 2 aromatic rings. The Morgan fingerprint density at radius 2 is 1.88 bits per heavy atom. The third kappa shape index (κ3) is 4.22. The van der Waals surface area contributed by atoms with Crippen molar-refractivity contribution in [1.29, 1.82) is 0 Å². The van der Waals surface area contributed by atoms with Crippen molar-refractivity contribution in [2.75, 3.05) is 17.1 Å². The van der Waals surface area contributed by atoms with Crippen LogP contribution in [0.4, 0.5) is 10.1 Å². The van der Waals surface area contributed by atoms with Crippen molar-refractivity contribution in [3.63, 3.8) is 0 Å². The number of fused-ring (bicyclic) bond motifs is 1. The molecular formula is C19H21FN2O3S. The number of hydrogen-bond donors (Lipinski definition) is 1. The van der Waals surface area contributed by atoms with Gasteiger partial charge in [0.15, 0.2) is 0 Å². The average molecular weight is 376 g/mol. The smallest absolute Gasteiger partial charge is 0.241 e. The molecule has 1 atom stereocenters. The molecule has 1 N–H and O–H groups in total. The van der Waals surface area contributed by atoms with E-state index in [0.29, 0.717) is 0 Å². The van der Waals surface area contributed by atoms with Gasteiger partial charge in [0.1, 0.15) is 12.4 Å². The first-order valence-corrected chi connectivity index (χ1v) is 10.3. The Morgan fingerprint density at radius 3 is 2.58 bits per heavy atom. The van der Waals surface area contributed by atoms with E-state index in [9.17, 15) is 17.6 Å². The van der Waals surface area contributed by atoms with Crippen molar-refractivity contribution in [3.8, 4) is 0 Å². The third-order valence-corrected chi connectivity index (χ3v) is 5.65. The molecule has 1 unspecified atom stereocenters. The van der Waals surface area contributed by atoms with E-state index >= 15 is 0 Å². The van der Waals surface area contributed by atoms with Gasteiger partial charge in [-0.3, -0.25) is 9.10 Å². The van der Waals surface area contributed by atoms with Crippen molar-refractivity contribution < 1.29 is 17.6 Å². The van der Waals surface area contributed by atoms with Crippen LogP contribution in [0.3, 0.4) is 0 Å². The van der Waals surface area contributed by atoms with Crippen LogP contribution in [0.15, 0.2) is 48.5 Å². The van der Waals surface area contributed by atoms with Gasteiger partial charge < -0.3 is 5.32 Å². The largest absolute Gasteiger partial charge is 0.348 e. The molecule has 0 aromatic heterocycles. The molecule has 138 valence electrons. The number of amides is 1. The van der Waals surface area contributed by atoms with Crippen LogP contribution in [0, 0.1) is 5.82 Å². The minimum Gasteiger partial charge on any atom is -0.348 e. The highest BCUT2D eigenvalue weighted by molar-refractivity contribution is 7.92. The van der Waals surface area contributed by atoms with Crippen molar-refractivity contribution >= 4 is 21.6 Å². The van der Waals surface area contributed by atoms with Gasteiger partial charge in [0.05, 0.1) is 18.0 Å². The first-order chi connectivity index (χ1) is 12.3. The molecule has 0 bridgehead atoms. The van der Waals surface area contributed by atoms with Gasteiger partial charge in [0.25, 0.3) is 0 Å². The van der Waals surface area contributed by atoms with Gasteiger partial charge in [0, 0.05) is 0 Å². The zero-order valence-corrected chi connectivity index (χ0v) is 15.3. The molecule has 0 saturated heterocycles. The number of benzene rings is 2. The highest BCUT2D eigenvalue weighted by atomic mass is 32.2. The van der Waals surface area contributed by atoms with Gasteiger partial charge in [-0.05, 0) is 54.7 Å². The van der Waals surface area contributed by atoms with Crippen LogP contribution in [0.25, 0.3) is 0 Å². The summed E-state index contributed by atoms with van der Waals surface area (Å²) in [7, 11) is -3.68. The summed E-state index contributed by atoms with van der Waals surface area (Å²) in [6.07, 6.45) is 3.79. The van der Waals surface area contributed by atoms with Crippen LogP contribution < -0.4 is 9.62 Å². The number of anilines is 1. The number of carbonyl (C=O) groups is 1. The minimum absolute atomic E-state index is 0.123. The van der Waals surface area contributed by atoms with Gasteiger partial charge >= 0.3 is 0 Å². The molecule has 1 amide bonds. The van der Waals surface area contributed by atoms with E-state index in [0.717, 1.165) is 35.4 Å². The topological polar surface area (TPSA) is 66.5 Å². The molecule has 0 fully saturated rings. The fourth-order valence-corrected chi connectivity index (χ4v) is 4.14. The number of halogens is 1. The number of sulfonamides is 1. The molecule has 5 nitrogen and oxygen atoms in total. The molecule has 0 radical (unpaired) electrons. The highest BCUT2D eigenvalue weighted by Crippen LogP contribution is 2.29. The number of nitrogens with zero attached hydrogens (tertiary/aromatic N) is 1. The minimum atomic E-state index is -3.68. The highest BCUT2D eigenvalue weighted by Gasteiger charge is 2.25. The second-order valence-corrected chi connectivity index (χ2v) is 8.36. The van der Waals surface area contributed by atoms with Gasteiger partial charge in [-0.1, -0.05) is 24.3 Å². The Bertz CT molecular complexity index is 897. The van der Waals surface area contributed by atoms with Crippen molar-refractivity contribution in [3.05, 3.63) is 65.5 Å². The Hall–Kier alpha value is -2.41. The summed E-state index contributed by atoms with van der Waals surface area (Å²) in [5.74, 6) is -0.855. The van der Waals surface area contributed by atoms with Crippen LogP contribution in [-0.4, -0.2) is 27.1 Å². The van der Waals surface area contributed by atoms with Gasteiger partial charge in [-0.2, -0.15) is 0 Å². The van der Waals surface area contributed by atoms with Crippen LogP contribution in [-0.2, 0) is 21.2 Å². The lowest BCUT2D eigenvalue weighted by Gasteiger charge is -2.28. The number of nitrogens with one attached hydrogen (secondary N) is 1. The van der Waals surface area contributed by atoms with Crippen LogP contribution in [0.5, 0.6) is 0 Å². The summed E-state index contributed by atoms with van der Waals surface area (Å²) in [5.41, 5.74) is 2.55. The first-order valence-electron chi connectivity index (χ1n) is 8.45. The van der Waals surface area contributed by atoms with E-state index in [1.165, 1.54) is 29.8 Å². The van der Waals surface area contributed by atoms with E-state index in [-0.39, 0.29) is 24.2 Å². The predicted molar refractivity (Wildman–Crippen MR) is 98.9 cm³/mol. The molecule has 0 saturated carbocycles. The van der Waals surface area contributed by atoms with Crippen LogP contribution in [0.1, 0.15) is 30.0 Å². The SMILES string of the molecule is CS(=O)(=O)N(CC(=O)NC1CCCc2ccccc21)c1ccc(F)cc1. The van der Waals surface area contributed by atoms with E-state index in [4.69, 9.17) is 0 Å². The molecule has 1 aliphatic carbocycles. The normalized spacial score (nSPS) is 16.6. The van der Waals surface area contributed by atoms with Crippen molar-refractivity contribution in [1.82, 2.24) is 5.32 Å². The number of rotatable bonds is 5. The summed E-state index contributed by atoms with van der Waals surface area (Å²) in [4.78, 5) is 12.5. The van der Waals surface area contributed by atoms with E-state index in [2.05, 4.69) is 11.4 Å². The van der Waals surface area contributed by atoms with Gasteiger partial charge in [0.2, 0.25) is 15.9 Å². The van der Waals surface area contributed by atoms with E-state index in [1.807, 2.05) is 18.2 Å². The van der Waals surface area contributed by atoms with Gasteiger partial charge in [-0.25, -0.2) is 12.8 Å². The number of hydrogen-bond acceptors (Lipinski definition) is 3. The summed E-state index contributed by atoms with van der Waals surface area (Å²) in [5, 5.41) is 2.94. The molecule has 0 heterocycles. The molecule has 0 aliphatic heterocycles. The fourth-order valence-electron chi connectivity index (χ4n) is 3.28. The molecular weight excluding hydrogens is 355 g/mol. The summed E-state index contributed by atoms with van der Waals surface area (Å²) in [6.45, 7) is -0.344. The number of aryl methyl sites for hydroxylation is 1. The van der Waals surface area contributed by atoms with Crippen molar-refractivity contribution in [2.45, 2.75) is 25.3 Å². The van der Waals surface area contributed by atoms with E-state index < -0.39 is 15.8 Å². The zero-order chi connectivity index (χ0) is 18.7. The standard InChI is InChI=1S/C19H21FN2O3S/c1-26(24,25)22(16-11-9-15(20)10-12-16)13-19(23)21-18-8-4-6-14-5-2-3-7-17(14)18/h2-3,5,7,9-12,18H,4,6,8,13H2,1H3,(H,21,23). The maximum atomic E-state index is 13.1. The second kappa shape index (κ2) is 7.45. The maximum absolute atomic E-state index is 13.1.